The van der Waals surface area contributed by atoms with Gasteiger partial charge in [-0.05, 0) is 37.5 Å². The first-order valence-electron chi connectivity index (χ1n) is 6.63. The number of aryl methyl sites for hydroxylation is 1. The van der Waals surface area contributed by atoms with Crippen molar-refractivity contribution in [2.45, 2.75) is 46.1 Å². The summed E-state index contributed by atoms with van der Waals surface area (Å²) in [4.78, 5) is 11.6. The molecule has 0 amide bonds. The molecule has 0 saturated carbocycles. The number of hydrogen-bond donors (Lipinski definition) is 0. The average Bonchev–Trinajstić information content (AvgIpc) is 2.38. The van der Waals surface area contributed by atoms with Crippen LogP contribution in [0.15, 0.2) is 24.3 Å². The lowest BCUT2D eigenvalue weighted by atomic mass is 10.1. The predicted octanol–water partition coefficient (Wildman–Crippen LogP) is 3.36. The van der Waals surface area contributed by atoms with E-state index in [9.17, 15) is 4.79 Å². The van der Waals surface area contributed by atoms with Gasteiger partial charge < -0.3 is 9.47 Å². The highest BCUT2D eigenvalue weighted by Crippen LogP contribution is 2.16. The first-order chi connectivity index (χ1) is 8.71. The number of esters is 1. The summed E-state index contributed by atoms with van der Waals surface area (Å²) in [5, 5.41) is 0. The molecule has 0 heterocycles. The summed E-state index contributed by atoms with van der Waals surface area (Å²) in [7, 11) is 0. The van der Waals surface area contributed by atoms with Crippen molar-refractivity contribution < 1.29 is 14.3 Å². The van der Waals surface area contributed by atoms with Crippen molar-refractivity contribution >= 4 is 5.97 Å². The van der Waals surface area contributed by atoms with E-state index >= 15 is 0 Å². The van der Waals surface area contributed by atoms with Crippen molar-refractivity contribution in [1.82, 2.24) is 0 Å². The Labute approximate surface area is 109 Å². The van der Waals surface area contributed by atoms with E-state index in [1.54, 1.807) is 6.92 Å². The molecule has 1 rings (SSSR count). The molecule has 1 aromatic rings. The third-order valence-corrected chi connectivity index (χ3v) is 2.66. The second-order valence-electron chi connectivity index (χ2n) is 4.16. The highest BCUT2D eigenvalue weighted by molar-refractivity contribution is 5.75. The van der Waals surface area contributed by atoms with Crippen LogP contribution < -0.4 is 4.74 Å². The molecule has 0 saturated heterocycles. The van der Waals surface area contributed by atoms with Gasteiger partial charge in [0.15, 0.2) is 6.10 Å². The van der Waals surface area contributed by atoms with Gasteiger partial charge >= 0.3 is 5.97 Å². The van der Waals surface area contributed by atoms with Crippen LogP contribution in [-0.2, 0) is 16.0 Å². The molecular weight excluding hydrogens is 228 g/mol. The average molecular weight is 250 g/mol. The maximum absolute atomic E-state index is 11.6. The molecule has 1 atom stereocenters. The maximum Gasteiger partial charge on any atom is 0.347 e. The van der Waals surface area contributed by atoms with Crippen molar-refractivity contribution in [2.75, 3.05) is 6.61 Å². The molecular formula is C15H22O3. The maximum atomic E-state index is 11.6. The third kappa shape index (κ3) is 4.40. The lowest BCUT2D eigenvalue weighted by Gasteiger charge is -2.16. The predicted molar refractivity (Wildman–Crippen MR) is 71.8 cm³/mol. The Morgan fingerprint density at radius 2 is 1.83 bits per heavy atom. The molecule has 18 heavy (non-hydrogen) atoms. The largest absolute Gasteiger partial charge is 0.479 e. The molecule has 0 aliphatic rings. The zero-order valence-corrected chi connectivity index (χ0v) is 11.4. The van der Waals surface area contributed by atoms with E-state index in [4.69, 9.17) is 9.47 Å². The molecule has 0 aliphatic carbocycles. The molecule has 1 unspecified atom stereocenters. The monoisotopic (exact) mass is 250 g/mol. The normalized spacial score (nSPS) is 11.9. The summed E-state index contributed by atoms with van der Waals surface area (Å²) in [6, 6.07) is 7.90. The minimum absolute atomic E-state index is 0.294. The van der Waals surface area contributed by atoms with Crippen LogP contribution in [0.2, 0.25) is 0 Å². The second-order valence-corrected chi connectivity index (χ2v) is 4.16. The standard InChI is InChI=1S/C15H22O3/c1-4-7-12-8-10-13(11-9-12)18-14(5-2)15(16)17-6-3/h8-11,14H,4-7H2,1-3H3. The van der Waals surface area contributed by atoms with Gasteiger partial charge in [-0.3, -0.25) is 0 Å². The molecule has 0 bridgehead atoms. The van der Waals surface area contributed by atoms with E-state index < -0.39 is 6.10 Å². The first-order valence-corrected chi connectivity index (χ1v) is 6.63. The van der Waals surface area contributed by atoms with Crippen LogP contribution in [0.4, 0.5) is 0 Å². The summed E-state index contributed by atoms with van der Waals surface area (Å²) in [5.74, 6) is 0.424. The number of carbonyl (C=O) groups is 1. The van der Waals surface area contributed by atoms with Gasteiger partial charge in [-0.2, -0.15) is 0 Å². The number of rotatable bonds is 7. The van der Waals surface area contributed by atoms with E-state index in [1.807, 2.05) is 31.2 Å². The Bertz CT molecular complexity index is 357. The molecule has 0 fully saturated rings. The highest BCUT2D eigenvalue weighted by atomic mass is 16.6. The van der Waals surface area contributed by atoms with Gasteiger partial charge in [0.1, 0.15) is 5.75 Å². The summed E-state index contributed by atoms with van der Waals surface area (Å²) < 4.78 is 10.6. The number of hydrogen-bond acceptors (Lipinski definition) is 3. The molecule has 0 N–H and O–H groups in total. The SMILES string of the molecule is CCCc1ccc(OC(CC)C(=O)OCC)cc1. The Kier molecular flexibility index (Phi) is 6.26. The Hall–Kier alpha value is -1.51. The van der Waals surface area contributed by atoms with E-state index in [1.165, 1.54) is 5.56 Å². The van der Waals surface area contributed by atoms with Gasteiger partial charge in [0, 0.05) is 0 Å². The zero-order valence-electron chi connectivity index (χ0n) is 11.4. The minimum atomic E-state index is -0.512. The fourth-order valence-electron chi connectivity index (χ4n) is 1.72. The second kappa shape index (κ2) is 7.75. The van der Waals surface area contributed by atoms with Crippen molar-refractivity contribution in [3.8, 4) is 5.75 Å². The van der Waals surface area contributed by atoms with Crippen LogP contribution >= 0.6 is 0 Å². The van der Waals surface area contributed by atoms with E-state index in [0.717, 1.165) is 18.6 Å². The van der Waals surface area contributed by atoms with Crippen LogP contribution in [0.5, 0.6) is 5.75 Å². The Morgan fingerprint density at radius 3 is 2.33 bits per heavy atom. The smallest absolute Gasteiger partial charge is 0.347 e. The fourth-order valence-corrected chi connectivity index (χ4v) is 1.72. The lowest BCUT2D eigenvalue weighted by Crippen LogP contribution is -2.28. The molecule has 1 aromatic carbocycles. The van der Waals surface area contributed by atoms with Crippen LogP contribution in [0.25, 0.3) is 0 Å². The van der Waals surface area contributed by atoms with Gasteiger partial charge in [-0.1, -0.05) is 32.4 Å². The lowest BCUT2D eigenvalue weighted by molar-refractivity contribution is -0.151. The van der Waals surface area contributed by atoms with Gasteiger partial charge in [-0.25, -0.2) is 4.79 Å². The highest BCUT2D eigenvalue weighted by Gasteiger charge is 2.19. The van der Waals surface area contributed by atoms with Crippen LogP contribution in [0.1, 0.15) is 39.2 Å². The molecule has 3 heteroatoms. The van der Waals surface area contributed by atoms with Crippen LogP contribution in [0, 0.1) is 0 Å². The summed E-state index contributed by atoms with van der Waals surface area (Å²) in [5.41, 5.74) is 1.29. The quantitative estimate of drug-likeness (QED) is 0.696. The van der Waals surface area contributed by atoms with E-state index in [2.05, 4.69) is 6.92 Å². The van der Waals surface area contributed by atoms with Gasteiger partial charge in [0.25, 0.3) is 0 Å². The Balaban J connectivity index is 2.61. The summed E-state index contributed by atoms with van der Waals surface area (Å²) >= 11 is 0. The van der Waals surface area contributed by atoms with Crippen molar-refractivity contribution in [2.24, 2.45) is 0 Å². The number of carbonyl (C=O) groups excluding carboxylic acids is 1. The van der Waals surface area contributed by atoms with Crippen LogP contribution in [0.3, 0.4) is 0 Å². The van der Waals surface area contributed by atoms with Gasteiger partial charge in [0.2, 0.25) is 0 Å². The topological polar surface area (TPSA) is 35.5 Å². The summed E-state index contributed by atoms with van der Waals surface area (Å²) in [6.45, 7) is 6.24. The first kappa shape index (κ1) is 14.6. The number of ether oxygens (including phenoxy) is 2. The molecule has 0 radical (unpaired) electrons. The minimum Gasteiger partial charge on any atom is -0.479 e. The fraction of sp³-hybridized carbons (Fsp3) is 0.533. The zero-order chi connectivity index (χ0) is 13.4. The van der Waals surface area contributed by atoms with E-state index in [0.29, 0.717) is 13.0 Å². The summed E-state index contributed by atoms with van der Waals surface area (Å²) in [6.07, 6.45) is 2.29. The molecule has 0 aromatic heterocycles. The number of benzene rings is 1. The third-order valence-electron chi connectivity index (χ3n) is 2.66. The van der Waals surface area contributed by atoms with Crippen molar-refractivity contribution in [3.05, 3.63) is 29.8 Å². The molecule has 0 aliphatic heterocycles. The van der Waals surface area contributed by atoms with Crippen molar-refractivity contribution in [3.63, 3.8) is 0 Å². The molecule has 100 valence electrons. The van der Waals surface area contributed by atoms with Crippen LogP contribution in [-0.4, -0.2) is 18.7 Å². The van der Waals surface area contributed by atoms with Gasteiger partial charge in [-0.15, -0.1) is 0 Å². The molecule has 0 spiro atoms. The van der Waals surface area contributed by atoms with Crippen molar-refractivity contribution in [1.29, 1.82) is 0 Å². The van der Waals surface area contributed by atoms with E-state index in [-0.39, 0.29) is 5.97 Å². The Morgan fingerprint density at radius 1 is 1.17 bits per heavy atom. The van der Waals surface area contributed by atoms with Gasteiger partial charge in [0.05, 0.1) is 6.61 Å². The molecule has 3 nitrogen and oxygen atoms in total.